The van der Waals surface area contributed by atoms with E-state index in [0.29, 0.717) is 24.6 Å². The fraction of sp³-hybridized carbons (Fsp3) is 0.462. The molecule has 182 valence electrons. The Morgan fingerprint density at radius 1 is 1.09 bits per heavy atom. The summed E-state index contributed by atoms with van der Waals surface area (Å²) in [6, 6.07) is 15.8. The van der Waals surface area contributed by atoms with Gasteiger partial charge in [0, 0.05) is 5.41 Å². The van der Waals surface area contributed by atoms with Crippen LogP contribution in [0.3, 0.4) is 0 Å². The number of cyclic esters (lactones) is 1. The number of aryl methyl sites for hydroxylation is 1. The lowest BCUT2D eigenvalue weighted by Crippen LogP contribution is -2.25. The van der Waals surface area contributed by atoms with Gasteiger partial charge in [0.1, 0.15) is 0 Å². The molecule has 2 aliphatic carbocycles. The van der Waals surface area contributed by atoms with Gasteiger partial charge in [0.25, 0.3) is 5.16 Å². The first kappa shape index (κ1) is 22.4. The summed E-state index contributed by atoms with van der Waals surface area (Å²) < 4.78 is 33.1. The SMILES string of the molecule is O=C1C[C@@]2(CCC(c3ccc4c(c3)CC[C@@H](CS(=O)(=O)c3nnnn3-c3ccccc3)C4)C2)CO1. The number of para-hydroxylation sites is 1. The van der Waals surface area contributed by atoms with Gasteiger partial charge in [0.15, 0.2) is 0 Å². The maximum atomic E-state index is 13.2. The zero-order valence-corrected chi connectivity index (χ0v) is 20.3. The van der Waals surface area contributed by atoms with E-state index in [2.05, 4.69) is 33.7 Å². The molecule has 1 saturated heterocycles. The third kappa shape index (κ3) is 4.26. The van der Waals surface area contributed by atoms with Gasteiger partial charge in [-0.3, -0.25) is 4.79 Å². The highest BCUT2D eigenvalue weighted by Crippen LogP contribution is 2.51. The van der Waals surface area contributed by atoms with Crippen LogP contribution in [-0.4, -0.2) is 47.0 Å². The zero-order chi connectivity index (χ0) is 24.0. The largest absolute Gasteiger partial charge is 0.465 e. The second-order valence-corrected chi connectivity index (χ2v) is 12.3. The quantitative estimate of drug-likeness (QED) is 0.503. The number of aromatic nitrogens is 4. The summed E-state index contributed by atoms with van der Waals surface area (Å²) >= 11 is 0. The van der Waals surface area contributed by atoms with Gasteiger partial charge in [-0.25, -0.2) is 8.42 Å². The number of rotatable bonds is 5. The van der Waals surface area contributed by atoms with E-state index in [-0.39, 0.29) is 28.2 Å². The van der Waals surface area contributed by atoms with Crippen LogP contribution < -0.4 is 0 Å². The molecule has 2 aromatic carbocycles. The average Bonchev–Trinajstić information content (AvgIpc) is 3.60. The summed E-state index contributed by atoms with van der Waals surface area (Å²) in [4.78, 5) is 11.7. The van der Waals surface area contributed by atoms with Gasteiger partial charge in [-0.15, -0.1) is 0 Å². The summed E-state index contributed by atoms with van der Waals surface area (Å²) in [6.07, 6.45) is 6.12. The number of fused-ring (bicyclic) bond motifs is 1. The molecule has 1 spiro atoms. The first-order chi connectivity index (χ1) is 16.9. The molecule has 3 atom stereocenters. The molecule has 1 aliphatic heterocycles. The Balaban J connectivity index is 1.15. The Labute approximate surface area is 204 Å². The van der Waals surface area contributed by atoms with E-state index in [9.17, 15) is 13.2 Å². The number of tetrazole rings is 1. The molecule has 2 heterocycles. The predicted octanol–water partition coefficient (Wildman–Crippen LogP) is 3.44. The maximum Gasteiger partial charge on any atom is 0.306 e. The zero-order valence-electron chi connectivity index (χ0n) is 19.5. The van der Waals surface area contributed by atoms with Gasteiger partial charge in [-0.05, 0) is 89.6 Å². The lowest BCUT2D eigenvalue weighted by atomic mass is 9.81. The third-order valence-corrected chi connectivity index (χ3v) is 9.69. The van der Waals surface area contributed by atoms with Crippen LogP contribution in [0.1, 0.15) is 54.7 Å². The minimum atomic E-state index is -3.65. The van der Waals surface area contributed by atoms with Crippen molar-refractivity contribution in [1.29, 1.82) is 0 Å². The Kier molecular flexibility index (Phi) is 5.47. The molecule has 6 rings (SSSR count). The number of benzene rings is 2. The number of sulfone groups is 1. The molecule has 8 nitrogen and oxygen atoms in total. The van der Waals surface area contributed by atoms with E-state index in [0.717, 1.165) is 38.5 Å². The first-order valence-electron chi connectivity index (χ1n) is 12.2. The molecule has 3 aromatic rings. The molecule has 0 bridgehead atoms. The molecule has 35 heavy (non-hydrogen) atoms. The number of ether oxygens (including phenoxy) is 1. The summed E-state index contributed by atoms with van der Waals surface area (Å²) in [6.45, 7) is 0.566. The summed E-state index contributed by atoms with van der Waals surface area (Å²) in [5.41, 5.74) is 4.56. The van der Waals surface area contributed by atoms with Crippen LogP contribution in [-0.2, 0) is 32.2 Å². The van der Waals surface area contributed by atoms with Crippen molar-refractivity contribution in [3.8, 4) is 5.69 Å². The maximum absolute atomic E-state index is 13.2. The predicted molar refractivity (Wildman–Crippen MR) is 128 cm³/mol. The second-order valence-electron chi connectivity index (χ2n) is 10.4. The summed E-state index contributed by atoms with van der Waals surface area (Å²) in [5.74, 6) is 0.455. The van der Waals surface area contributed by atoms with Crippen molar-refractivity contribution in [2.45, 2.75) is 56.0 Å². The van der Waals surface area contributed by atoms with Crippen molar-refractivity contribution in [3.63, 3.8) is 0 Å². The minimum Gasteiger partial charge on any atom is -0.465 e. The standard InChI is InChI=1S/C26H28N4O4S/c31-24-15-26(17-34-24)11-10-22(14-26)21-9-8-19-12-18(6-7-20(19)13-21)16-35(32,33)25-27-28-29-30(25)23-4-2-1-3-5-23/h1-5,8-9,13,18,22H,6-7,10-12,14-17H2/t18-,22?,26+/m1/s1. The first-order valence-corrected chi connectivity index (χ1v) is 13.9. The monoisotopic (exact) mass is 492 g/mol. The molecule has 1 saturated carbocycles. The third-order valence-electron chi connectivity index (χ3n) is 7.97. The second kappa shape index (κ2) is 8.55. The van der Waals surface area contributed by atoms with Crippen molar-refractivity contribution in [1.82, 2.24) is 20.2 Å². The van der Waals surface area contributed by atoms with Crippen molar-refractivity contribution in [2.24, 2.45) is 11.3 Å². The number of esters is 1. The van der Waals surface area contributed by atoms with E-state index in [1.54, 1.807) is 12.1 Å². The molecule has 1 unspecified atom stereocenters. The minimum absolute atomic E-state index is 0.0238. The topological polar surface area (TPSA) is 104 Å². The van der Waals surface area contributed by atoms with Crippen LogP contribution in [0, 0.1) is 11.3 Å². The van der Waals surface area contributed by atoms with Crippen LogP contribution in [0.15, 0.2) is 53.7 Å². The number of carbonyl (C=O) groups is 1. The van der Waals surface area contributed by atoms with Crippen LogP contribution >= 0.6 is 0 Å². The van der Waals surface area contributed by atoms with Gasteiger partial charge in [-0.2, -0.15) is 4.68 Å². The van der Waals surface area contributed by atoms with E-state index >= 15 is 0 Å². The van der Waals surface area contributed by atoms with Crippen LogP contribution in [0.4, 0.5) is 0 Å². The molecule has 0 radical (unpaired) electrons. The number of hydrogen-bond donors (Lipinski definition) is 0. The van der Waals surface area contributed by atoms with Crippen molar-refractivity contribution < 1.29 is 17.9 Å². The highest BCUT2D eigenvalue weighted by molar-refractivity contribution is 7.91. The van der Waals surface area contributed by atoms with Crippen LogP contribution in [0.5, 0.6) is 0 Å². The Morgan fingerprint density at radius 2 is 1.94 bits per heavy atom. The molecular formula is C26H28N4O4S. The van der Waals surface area contributed by atoms with E-state index in [1.807, 2.05) is 18.2 Å². The molecule has 2 fully saturated rings. The van der Waals surface area contributed by atoms with Gasteiger partial charge in [-0.1, -0.05) is 41.5 Å². The molecule has 0 N–H and O–H groups in total. The van der Waals surface area contributed by atoms with Gasteiger partial charge in [0.05, 0.1) is 24.5 Å². The lowest BCUT2D eigenvalue weighted by molar-refractivity contribution is -0.137. The Hall–Kier alpha value is -3.07. The lowest BCUT2D eigenvalue weighted by Gasteiger charge is -2.26. The summed E-state index contributed by atoms with van der Waals surface area (Å²) in [7, 11) is -3.65. The molecule has 1 aromatic heterocycles. The van der Waals surface area contributed by atoms with E-state index < -0.39 is 9.84 Å². The molecule has 0 amide bonds. The molecule has 9 heteroatoms. The fourth-order valence-electron chi connectivity index (χ4n) is 6.16. The number of hydrogen-bond acceptors (Lipinski definition) is 7. The van der Waals surface area contributed by atoms with Crippen molar-refractivity contribution in [2.75, 3.05) is 12.4 Å². The normalized spacial score (nSPS) is 26.1. The number of carbonyl (C=O) groups excluding carboxylic acids is 1. The Morgan fingerprint density at radius 3 is 2.74 bits per heavy atom. The fourth-order valence-corrected chi connectivity index (χ4v) is 7.78. The molecule has 3 aliphatic rings. The van der Waals surface area contributed by atoms with Crippen molar-refractivity contribution >= 4 is 15.8 Å². The highest BCUT2D eigenvalue weighted by atomic mass is 32.2. The van der Waals surface area contributed by atoms with Crippen LogP contribution in [0.25, 0.3) is 5.69 Å². The smallest absolute Gasteiger partial charge is 0.306 e. The average molecular weight is 493 g/mol. The van der Waals surface area contributed by atoms with Crippen molar-refractivity contribution in [3.05, 3.63) is 65.2 Å². The van der Waals surface area contributed by atoms with E-state index in [1.165, 1.54) is 21.4 Å². The van der Waals surface area contributed by atoms with Crippen LogP contribution in [0.2, 0.25) is 0 Å². The van der Waals surface area contributed by atoms with Gasteiger partial charge in [0.2, 0.25) is 9.84 Å². The van der Waals surface area contributed by atoms with E-state index in [4.69, 9.17) is 4.74 Å². The van der Waals surface area contributed by atoms with Gasteiger partial charge >= 0.3 is 5.97 Å². The number of nitrogens with zero attached hydrogens (tertiary/aromatic N) is 4. The summed E-state index contributed by atoms with van der Waals surface area (Å²) in [5, 5.41) is 11.3. The van der Waals surface area contributed by atoms with Gasteiger partial charge < -0.3 is 4.74 Å². The highest BCUT2D eigenvalue weighted by Gasteiger charge is 2.46. The molecular weight excluding hydrogens is 464 g/mol. The Bertz CT molecular complexity index is 1370.